The predicted octanol–water partition coefficient (Wildman–Crippen LogP) is 7.05. The van der Waals surface area contributed by atoms with Crippen LogP contribution in [0.3, 0.4) is 0 Å². The largest absolute Gasteiger partial charge is 0.489 e. The van der Waals surface area contributed by atoms with Crippen LogP contribution in [0.5, 0.6) is 5.75 Å². The fourth-order valence-corrected chi connectivity index (χ4v) is 6.11. The van der Waals surface area contributed by atoms with Crippen LogP contribution in [-0.2, 0) is 9.84 Å². The van der Waals surface area contributed by atoms with E-state index in [4.69, 9.17) is 16.3 Å². The second-order valence-corrected chi connectivity index (χ2v) is 13.7. The van der Waals surface area contributed by atoms with Gasteiger partial charge in [-0.1, -0.05) is 29.8 Å². The van der Waals surface area contributed by atoms with Gasteiger partial charge in [-0.15, -0.1) is 0 Å². The van der Waals surface area contributed by atoms with Gasteiger partial charge in [-0.2, -0.15) is 4.98 Å². The Morgan fingerprint density at radius 3 is 2.48 bits per heavy atom. The summed E-state index contributed by atoms with van der Waals surface area (Å²) in [6.45, 7) is 13.7. The summed E-state index contributed by atoms with van der Waals surface area (Å²) >= 11 is 6.43. The van der Waals surface area contributed by atoms with Crippen molar-refractivity contribution in [2.75, 3.05) is 10.6 Å². The Kier molecular flexibility index (Phi) is 9.07. The Balaban J connectivity index is 1.69. The Hall–Kier alpha value is -3.14. The Labute approximate surface area is 242 Å². The molecule has 0 fully saturated rings. The van der Waals surface area contributed by atoms with Crippen LogP contribution >= 0.6 is 11.6 Å². The topological polar surface area (TPSA) is 105 Å². The first-order chi connectivity index (χ1) is 18.8. The zero-order chi connectivity index (χ0) is 29.2. The Bertz CT molecular complexity index is 1520. The standard InChI is InChI=1S/C30H38ClN5O3S/c1-17(2)39-27-15-23(22-13-20(6)33-21(7)14-22)19(5)12-26(27)35-30-32-16-24(31)29(36-30)34-25-10-8-9-11-28(25)40(37,38)18(3)4/h8-13,15-18,20-21,33H,14H2,1-7H3,(H2,32,34,35,36)/t20-,21+/m1/s1. The first-order valence-corrected chi connectivity index (χ1v) is 15.5. The van der Waals surface area contributed by atoms with Crippen molar-refractivity contribution in [2.24, 2.45) is 0 Å². The van der Waals surface area contributed by atoms with Crippen molar-refractivity contribution >= 4 is 50.2 Å². The number of aryl methyl sites for hydroxylation is 1. The summed E-state index contributed by atoms with van der Waals surface area (Å²) in [5.74, 6) is 1.27. The molecule has 0 saturated heterocycles. The first-order valence-electron chi connectivity index (χ1n) is 13.5. The Morgan fingerprint density at radius 2 is 1.80 bits per heavy atom. The van der Waals surface area contributed by atoms with Crippen molar-refractivity contribution in [2.45, 2.75) is 83.2 Å². The Morgan fingerprint density at radius 1 is 1.07 bits per heavy atom. The third-order valence-electron chi connectivity index (χ3n) is 6.62. The molecule has 1 aromatic heterocycles. The minimum absolute atomic E-state index is 0.0428. The number of sulfone groups is 1. The lowest BCUT2D eigenvalue weighted by Crippen LogP contribution is -2.36. The van der Waals surface area contributed by atoms with E-state index >= 15 is 0 Å². The maximum atomic E-state index is 12.9. The van der Waals surface area contributed by atoms with Crippen molar-refractivity contribution in [1.29, 1.82) is 0 Å². The fraction of sp³-hybridized carbons (Fsp3) is 0.400. The summed E-state index contributed by atoms with van der Waals surface area (Å²) in [6.07, 6.45) is 4.64. The number of hydrogen-bond acceptors (Lipinski definition) is 8. The van der Waals surface area contributed by atoms with E-state index in [0.29, 0.717) is 29.5 Å². The van der Waals surface area contributed by atoms with Crippen LogP contribution in [0.15, 0.2) is 53.6 Å². The molecule has 2 atom stereocenters. The highest BCUT2D eigenvalue weighted by Crippen LogP contribution is 2.37. The van der Waals surface area contributed by atoms with Gasteiger partial charge in [0.2, 0.25) is 5.95 Å². The summed E-state index contributed by atoms with van der Waals surface area (Å²) < 4.78 is 32.1. The summed E-state index contributed by atoms with van der Waals surface area (Å²) in [5, 5.41) is 9.61. The van der Waals surface area contributed by atoms with E-state index < -0.39 is 15.1 Å². The highest BCUT2D eigenvalue weighted by atomic mass is 35.5. The van der Waals surface area contributed by atoms with Gasteiger partial charge in [0.1, 0.15) is 10.8 Å². The third-order valence-corrected chi connectivity index (χ3v) is 9.10. The summed E-state index contributed by atoms with van der Waals surface area (Å²) in [4.78, 5) is 9.13. The molecule has 2 aromatic carbocycles. The third kappa shape index (κ3) is 6.77. The number of halogens is 1. The molecule has 10 heteroatoms. The summed E-state index contributed by atoms with van der Waals surface area (Å²) in [7, 11) is -3.53. The molecule has 0 radical (unpaired) electrons. The molecule has 1 aliphatic rings. The van der Waals surface area contributed by atoms with Gasteiger partial charge in [0, 0.05) is 12.1 Å². The molecule has 0 amide bonds. The van der Waals surface area contributed by atoms with Gasteiger partial charge in [0.25, 0.3) is 0 Å². The van der Waals surface area contributed by atoms with Crippen molar-refractivity contribution in [3.63, 3.8) is 0 Å². The number of anilines is 4. The molecular weight excluding hydrogens is 546 g/mol. The van der Waals surface area contributed by atoms with Gasteiger partial charge in [0.05, 0.1) is 33.8 Å². The SMILES string of the molecule is Cc1cc(Nc2ncc(Cl)c(Nc3ccccc3S(=O)(=O)C(C)C)n2)c(OC(C)C)cc1C1=C[C@@H](C)N[C@@H](C)C1. The van der Waals surface area contributed by atoms with Crippen LogP contribution in [0.4, 0.5) is 23.1 Å². The molecule has 40 heavy (non-hydrogen) atoms. The molecule has 0 aliphatic carbocycles. The van der Waals surface area contributed by atoms with Gasteiger partial charge in [-0.25, -0.2) is 13.4 Å². The van der Waals surface area contributed by atoms with Crippen LogP contribution in [0.2, 0.25) is 5.02 Å². The number of para-hydroxylation sites is 1. The summed E-state index contributed by atoms with van der Waals surface area (Å²) in [6, 6.07) is 11.5. The molecule has 0 saturated carbocycles. The van der Waals surface area contributed by atoms with Crippen molar-refractivity contribution in [3.8, 4) is 5.75 Å². The molecule has 0 spiro atoms. The first kappa shape index (κ1) is 29.8. The second kappa shape index (κ2) is 12.2. The quantitative estimate of drug-likeness (QED) is 0.246. The number of aromatic nitrogens is 2. The molecule has 0 bridgehead atoms. The van der Waals surface area contributed by atoms with Gasteiger partial charge in [-0.05, 0) is 95.9 Å². The summed E-state index contributed by atoms with van der Waals surface area (Å²) in [5.41, 5.74) is 4.67. The molecular formula is C30H38ClN5O3S. The van der Waals surface area contributed by atoms with E-state index in [1.165, 1.54) is 11.8 Å². The zero-order valence-corrected chi connectivity index (χ0v) is 25.6. The molecule has 4 rings (SSSR count). The van der Waals surface area contributed by atoms with E-state index in [-0.39, 0.29) is 21.8 Å². The minimum Gasteiger partial charge on any atom is -0.489 e. The smallest absolute Gasteiger partial charge is 0.229 e. The molecule has 2 heterocycles. The monoisotopic (exact) mass is 583 g/mol. The van der Waals surface area contributed by atoms with Gasteiger partial charge in [-0.3, -0.25) is 0 Å². The molecule has 3 aromatic rings. The number of nitrogens with one attached hydrogen (secondary N) is 3. The fourth-order valence-electron chi connectivity index (χ4n) is 4.77. The van der Waals surface area contributed by atoms with Crippen LogP contribution < -0.4 is 20.7 Å². The highest BCUT2D eigenvalue weighted by molar-refractivity contribution is 7.92. The zero-order valence-electron chi connectivity index (χ0n) is 24.0. The lowest BCUT2D eigenvalue weighted by atomic mass is 9.90. The van der Waals surface area contributed by atoms with E-state index in [1.807, 2.05) is 19.9 Å². The van der Waals surface area contributed by atoms with E-state index in [1.54, 1.807) is 38.1 Å². The van der Waals surface area contributed by atoms with Gasteiger partial charge in [0.15, 0.2) is 15.7 Å². The lowest BCUT2D eigenvalue weighted by molar-refractivity contribution is 0.243. The minimum atomic E-state index is -3.53. The number of nitrogens with zero attached hydrogens (tertiary/aromatic N) is 2. The van der Waals surface area contributed by atoms with Crippen LogP contribution in [0, 0.1) is 6.92 Å². The van der Waals surface area contributed by atoms with E-state index in [2.05, 4.69) is 58.8 Å². The molecule has 3 N–H and O–H groups in total. The molecule has 8 nitrogen and oxygen atoms in total. The van der Waals surface area contributed by atoms with Crippen molar-refractivity contribution < 1.29 is 13.2 Å². The van der Waals surface area contributed by atoms with Crippen molar-refractivity contribution in [1.82, 2.24) is 15.3 Å². The maximum absolute atomic E-state index is 12.9. The normalized spacial score (nSPS) is 17.6. The number of benzene rings is 2. The number of rotatable bonds is 9. The maximum Gasteiger partial charge on any atom is 0.229 e. The average Bonchev–Trinajstić information content (AvgIpc) is 2.87. The van der Waals surface area contributed by atoms with Gasteiger partial charge < -0.3 is 20.7 Å². The van der Waals surface area contributed by atoms with Crippen LogP contribution in [0.25, 0.3) is 5.57 Å². The van der Waals surface area contributed by atoms with Crippen LogP contribution in [-0.4, -0.2) is 41.8 Å². The average molecular weight is 584 g/mol. The predicted molar refractivity (Wildman–Crippen MR) is 164 cm³/mol. The number of hydrogen-bond donors (Lipinski definition) is 3. The van der Waals surface area contributed by atoms with Crippen molar-refractivity contribution in [3.05, 3.63) is 64.8 Å². The number of ether oxygens (including phenoxy) is 1. The highest BCUT2D eigenvalue weighted by Gasteiger charge is 2.24. The van der Waals surface area contributed by atoms with Gasteiger partial charge >= 0.3 is 0 Å². The lowest BCUT2D eigenvalue weighted by Gasteiger charge is -2.27. The van der Waals surface area contributed by atoms with E-state index in [9.17, 15) is 8.42 Å². The van der Waals surface area contributed by atoms with Crippen LogP contribution in [0.1, 0.15) is 59.1 Å². The molecule has 214 valence electrons. The van der Waals surface area contributed by atoms with E-state index in [0.717, 1.165) is 23.2 Å². The molecule has 0 unspecified atom stereocenters. The second-order valence-electron chi connectivity index (χ2n) is 10.8. The molecule has 1 aliphatic heterocycles.